The third-order valence-electron chi connectivity index (χ3n) is 5.10. The molecule has 2 N–H and O–H groups in total. The summed E-state index contributed by atoms with van der Waals surface area (Å²) in [5, 5.41) is 17.6. The molecular weight excluding hydrogens is 434 g/mol. The van der Waals surface area contributed by atoms with Crippen molar-refractivity contribution >= 4 is 28.5 Å². The molecule has 4 rings (SSSR count). The van der Waals surface area contributed by atoms with Crippen molar-refractivity contribution in [2.75, 3.05) is 6.54 Å². The van der Waals surface area contributed by atoms with Crippen LogP contribution in [0, 0.1) is 6.92 Å². The van der Waals surface area contributed by atoms with Gasteiger partial charge in [-0.15, -0.1) is 0 Å². The SMILES string of the molecule is Cc1c(CCC(=O)NCCc2nc(-c3ccc(Cl)cc3)no2)c(=O)oc2cc(O)ccc12. The number of aromatic nitrogens is 2. The molecule has 0 unspecified atom stereocenters. The normalized spacial score (nSPS) is 11.1. The molecule has 0 aliphatic carbocycles. The van der Waals surface area contributed by atoms with E-state index in [1.807, 2.05) is 0 Å². The Balaban J connectivity index is 1.31. The molecule has 4 aromatic rings. The van der Waals surface area contributed by atoms with E-state index in [9.17, 15) is 14.7 Å². The average Bonchev–Trinajstić information content (AvgIpc) is 3.22. The second-order valence-corrected chi connectivity index (χ2v) is 7.73. The Morgan fingerprint density at radius 2 is 1.94 bits per heavy atom. The van der Waals surface area contributed by atoms with Crippen molar-refractivity contribution in [2.45, 2.75) is 26.2 Å². The molecule has 0 aliphatic rings. The molecule has 8 nitrogen and oxygen atoms in total. The van der Waals surface area contributed by atoms with Gasteiger partial charge in [0.1, 0.15) is 11.3 Å². The van der Waals surface area contributed by atoms with Gasteiger partial charge in [0.25, 0.3) is 0 Å². The van der Waals surface area contributed by atoms with E-state index < -0.39 is 5.63 Å². The van der Waals surface area contributed by atoms with Crippen molar-refractivity contribution in [3.8, 4) is 17.1 Å². The number of hydrogen-bond acceptors (Lipinski definition) is 7. The van der Waals surface area contributed by atoms with Gasteiger partial charge >= 0.3 is 5.63 Å². The molecule has 0 bridgehead atoms. The van der Waals surface area contributed by atoms with Gasteiger partial charge in [0.05, 0.1) is 0 Å². The zero-order valence-corrected chi connectivity index (χ0v) is 18.0. The Morgan fingerprint density at radius 3 is 2.72 bits per heavy atom. The molecule has 0 saturated heterocycles. The van der Waals surface area contributed by atoms with Gasteiger partial charge in [0.15, 0.2) is 0 Å². The van der Waals surface area contributed by atoms with Crippen LogP contribution in [0.3, 0.4) is 0 Å². The fourth-order valence-corrected chi connectivity index (χ4v) is 3.51. The Bertz CT molecular complexity index is 1330. The fourth-order valence-electron chi connectivity index (χ4n) is 3.38. The third-order valence-corrected chi connectivity index (χ3v) is 5.36. The van der Waals surface area contributed by atoms with Crippen LogP contribution in [0.5, 0.6) is 5.75 Å². The van der Waals surface area contributed by atoms with Crippen LogP contribution in [0.25, 0.3) is 22.4 Å². The van der Waals surface area contributed by atoms with E-state index in [1.165, 1.54) is 12.1 Å². The van der Waals surface area contributed by atoms with Gasteiger partial charge in [0, 0.05) is 47.0 Å². The van der Waals surface area contributed by atoms with Crippen molar-refractivity contribution in [2.24, 2.45) is 0 Å². The van der Waals surface area contributed by atoms with E-state index in [2.05, 4.69) is 15.5 Å². The molecule has 2 aromatic heterocycles. The number of amides is 1. The Labute approximate surface area is 187 Å². The zero-order valence-electron chi connectivity index (χ0n) is 17.2. The Hall–Kier alpha value is -3.65. The first kappa shape index (κ1) is 21.6. The van der Waals surface area contributed by atoms with Crippen LogP contribution in [-0.2, 0) is 17.6 Å². The number of hydrogen-bond donors (Lipinski definition) is 2. The predicted octanol–water partition coefficient (Wildman–Crippen LogP) is 3.80. The molecule has 32 heavy (non-hydrogen) atoms. The van der Waals surface area contributed by atoms with Crippen molar-refractivity contribution in [3.63, 3.8) is 0 Å². The number of carbonyl (C=O) groups excluding carboxylic acids is 1. The van der Waals surface area contributed by atoms with E-state index in [0.717, 1.165) is 16.5 Å². The number of carbonyl (C=O) groups is 1. The number of nitrogens with one attached hydrogen (secondary N) is 1. The second kappa shape index (κ2) is 9.23. The molecule has 0 spiro atoms. The lowest BCUT2D eigenvalue weighted by atomic mass is 10.0. The minimum absolute atomic E-state index is 0.0220. The lowest BCUT2D eigenvalue weighted by Crippen LogP contribution is -2.26. The molecule has 0 saturated carbocycles. The number of benzene rings is 2. The minimum Gasteiger partial charge on any atom is -0.508 e. The number of aryl methyl sites for hydroxylation is 1. The number of halogens is 1. The maximum absolute atomic E-state index is 12.3. The number of aromatic hydroxyl groups is 1. The number of rotatable bonds is 7. The second-order valence-electron chi connectivity index (χ2n) is 7.29. The standard InChI is InChI=1S/C23H20ClN3O5/c1-13-17-7-6-16(28)12-19(17)31-23(30)18(13)8-9-20(29)25-11-10-21-26-22(27-32-21)14-2-4-15(24)5-3-14/h2-7,12,28H,8-11H2,1H3,(H,25,29). The first-order valence-electron chi connectivity index (χ1n) is 10.0. The maximum Gasteiger partial charge on any atom is 0.339 e. The maximum atomic E-state index is 12.3. The fraction of sp³-hybridized carbons (Fsp3) is 0.217. The summed E-state index contributed by atoms with van der Waals surface area (Å²) in [6.45, 7) is 2.13. The van der Waals surface area contributed by atoms with Crippen LogP contribution < -0.4 is 10.9 Å². The van der Waals surface area contributed by atoms with Gasteiger partial charge in [0.2, 0.25) is 17.6 Å². The highest BCUT2D eigenvalue weighted by Crippen LogP contribution is 2.24. The number of phenolic OH excluding ortho intramolecular Hbond substituents is 1. The van der Waals surface area contributed by atoms with Gasteiger partial charge in [-0.05, 0) is 55.3 Å². The van der Waals surface area contributed by atoms with Gasteiger partial charge in [-0.2, -0.15) is 4.98 Å². The van der Waals surface area contributed by atoms with Crippen LogP contribution in [0.1, 0.15) is 23.4 Å². The summed E-state index contributed by atoms with van der Waals surface area (Å²) < 4.78 is 10.5. The van der Waals surface area contributed by atoms with Gasteiger partial charge in [-0.1, -0.05) is 16.8 Å². The van der Waals surface area contributed by atoms with Crippen LogP contribution in [0.15, 0.2) is 56.2 Å². The van der Waals surface area contributed by atoms with Crippen LogP contribution in [-0.4, -0.2) is 27.7 Å². The summed E-state index contributed by atoms with van der Waals surface area (Å²) in [6, 6.07) is 11.7. The lowest BCUT2D eigenvalue weighted by molar-refractivity contribution is -0.121. The third kappa shape index (κ3) is 4.81. The Kier molecular flexibility index (Phi) is 6.23. The van der Waals surface area contributed by atoms with Gasteiger partial charge in [-0.3, -0.25) is 4.79 Å². The highest BCUT2D eigenvalue weighted by atomic mass is 35.5. The van der Waals surface area contributed by atoms with Crippen molar-refractivity contribution in [1.82, 2.24) is 15.5 Å². The Morgan fingerprint density at radius 1 is 1.16 bits per heavy atom. The van der Waals surface area contributed by atoms with E-state index in [-0.39, 0.29) is 24.5 Å². The van der Waals surface area contributed by atoms with E-state index in [4.69, 9.17) is 20.5 Å². The number of fused-ring (bicyclic) bond motifs is 1. The molecule has 0 fully saturated rings. The predicted molar refractivity (Wildman–Crippen MR) is 119 cm³/mol. The molecule has 0 radical (unpaired) electrons. The summed E-state index contributed by atoms with van der Waals surface area (Å²) in [5.41, 5.74) is 1.79. The first-order chi connectivity index (χ1) is 15.4. The van der Waals surface area contributed by atoms with E-state index in [0.29, 0.717) is 40.8 Å². The number of phenols is 1. The van der Waals surface area contributed by atoms with Crippen molar-refractivity contribution < 1.29 is 18.8 Å². The van der Waals surface area contributed by atoms with Crippen LogP contribution in [0.2, 0.25) is 5.02 Å². The average molecular weight is 454 g/mol. The number of nitrogens with zero attached hydrogens (tertiary/aromatic N) is 2. The molecular formula is C23H20ClN3O5. The minimum atomic E-state index is -0.506. The molecule has 1 amide bonds. The summed E-state index contributed by atoms with van der Waals surface area (Å²) in [5.74, 6) is 0.681. The smallest absolute Gasteiger partial charge is 0.339 e. The van der Waals surface area contributed by atoms with Gasteiger partial charge in [-0.25, -0.2) is 4.79 Å². The quantitative estimate of drug-likeness (QED) is 0.408. The van der Waals surface area contributed by atoms with Crippen LogP contribution >= 0.6 is 11.6 Å². The molecule has 0 aliphatic heterocycles. The van der Waals surface area contributed by atoms with Gasteiger partial charge < -0.3 is 19.4 Å². The highest BCUT2D eigenvalue weighted by molar-refractivity contribution is 6.30. The molecule has 2 aromatic carbocycles. The molecule has 2 heterocycles. The summed E-state index contributed by atoms with van der Waals surface area (Å²) in [6.07, 6.45) is 0.764. The highest BCUT2D eigenvalue weighted by Gasteiger charge is 2.14. The molecule has 9 heteroatoms. The van der Waals surface area contributed by atoms with Crippen molar-refractivity contribution in [1.29, 1.82) is 0 Å². The summed E-state index contributed by atoms with van der Waals surface area (Å²) in [4.78, 5) is 28.9. The van der Waals surface area contributed by atoms with E-state index >= 15 is 0 Å². The lowest BCUT2D eigenvalue weighted by Gasteiger charge is -2.08. The summed E-state index contributed by atoms with van der Waals surface area (Å²) in [7, 11) is 0. The van der Waals surface area contributed by atoms with Crippen molar-refractivity contribution in [3.05, 3.63) is 74.9 Å². The molecule has 164 valence electrons. The first-order valence-corrected chi connectivity index (χ1v) is 10.4. The largest absolute Gasteiger partial charge is 0.508 e. The monoisotopic (exact) mass is 453 g/mol. The van der Waals surface area contributed by atoms with Crippen LogP contribution in [0.4, 0.5) is 0 Å². The molecule has 0 atom stereocenters. The summed E-state index contributed by atoms with van der Waals surface area (Å²) >= 11 is 5.88. The topological polar surface area (TPSA) is 118 Å². The zero-order chi connectivity index (χ0) is 22.7. The van der Waals surface area contributed by atoms with E-state index in [1.54, 1.807) is 37.3 Å².